The number of aliphatic hydroxyl groups excluding tert-OH is 1. The summed E-state index contributed by atoms with van der Waals surface area (Å²) >= 11 is 0. The maximum Gasteiger partial charge on any atom is 0.244 e. The summed E-state index contributed by atoms with van der Waals surface area (Å²) in [5.74, 6) is -4.92. The topological polar surface area (TPSA) is 136 Å². The fourth-order valence-electron chi connectivity index (χ4n) is 3.31. The summed E-state index contributed by atoms with van der Waals surface area (Å²) in [6.07, 6.45) is 7.39. The lowest BCUT2D eigenvalue weighted by atomic mass is 10.0. The molecule has 0 unspecified atom stereocenters. The maximum absolute atomic E-state index is 15.2. The van der Waals surface area contributed by atoms with Crippen molar-refractivity contribution in [2.45, 2.75) is 54.4 Å². The van der Waals surface area contributed by atoms with Crippen molar-refractivity contribution in [3.05, 3.63) is 23.8 Å². The second kappa shape index (κ2) is 10.0. The molecule has 0 aromatic heterocycles. The first-order valence-electron chi connectivity index (χ1n) is 9.43. The Balaban J connectivity index is 2.79. The molecule has 4 N–H and O–H groups in total. The molecule has 1 aromatic carbocycles. The van der Waals surface area contributed by atoms with Gasteiger partial charge < -0.3 is 15.2 Å². The van der Waals surface area contributed by atoms with Crippen LogP contribution in [0.15, 0.2) is 21.9 Å². The van der Waals surface area contributed by atoms with Gasteiger partial charge in [0.15, 0.2) is 32.1 Å². The van der Waals surface area contributed by atoms with Gasteiger partial charge in [0.05, 0.1) is 18.6 Å². The predicted octanol–water partition coefficient (Wildman–Crippen LogP) is 2.08. The number of hydrogen-bond donors (Lipinski definition) is 3. The number of ether oxygens (including phenoxy) is 1. The van der Waals surface area contributed by atoms with Gasteiger partial charge in [-0.3, -0.25) is 0 Å². The van der Waals surface area contributed by atoms with Crippen molar-refractivity contribution in [1.29, 1.82) is 0 Å². The van der Waals surface area contributed by atoms with E-state index in [1.54, 1.807) is 6.08 Å². The predicted molar refractivity (Wildman–Crippen MR) is 108 cm³/mol. The van der Waals surface area contributed by atoms with E-state index in [4.69, 9.17) is 15.0 Å². The Labute approximate surface area is 175 Å². The second-order valence-electron chi connectivity index (χ2n) is 6.95. The van der Waals surface area contributed by atoms with E-state index >= 15 is 4.39 Å². The summed E-state index contributed by atoms with van der Waals surface area (Å²) in [6.45, 7) is -0.462. The Morgan fingerprint density at radius 3 is 2.47 bits per heavy atom. The fourth-order valence-corrected chi connectivity index (χ4v) is 5.63. The Morgan fingerprint density at radius 1 is 1.17 bits per heavy atom. The zero-order valence-corrected chi connectivity index (χ0v) is 18.2. The number of halogens is 2. The number of hydrogen-bond acceptors (Lipinski definition) is 7. The molecule has 30 heavy (non-hydrogen) atoms. The van der Waals surface area contributed by atoms with Crippen LogP contribution in [-0.4, -0.2) is 47.5 Å². The molecule has 0 spiro atoms. The number of primary sulfonamides is 1. The third-order valence-corrected chi connectivity index (χ3v) is 7.47. The van der Waals surface area contributed by atoms with E-state index in [1.165, 1.54) is 0 Å². The molecule has 1 aromatic rings. The zero-order chi connectivity index (χ0) is 22.5. The molecule has 12 heteroatoms. The van der Waals surface area contributed by atoms with Crippen LogP contribution in [0.4, 0.5) is 14.5 Å². The van der Waals surface area contributed by atoms with Gasteiger partial charge in [0.25, 0.3) is 0 Å². The molecule has 0 radical (unpaired) electrons. The minimum atomic E-state index is -4.88. The third-order valence-electron chi connectivity index (χ3n) is 4.71. The summed E-state index contributed by atoms with van der Waals surface area (Å²) in [7, 11) is -8.29. The summed E-state index contributed by atoms with van der Waals surface area (Å²) in [6, 6.07) is -0.518. The number of aliphatic hydroxyl groups is 1. The van der Waals surface area contributed by atoms with E-state index in [1.807, 2.05) is 6.08 Å². The standard InChI is InChI=1S/C18H26F2N2O6S2/c1-28-16-14(20)17(30(21,26)27)13(19)15(18(16)29(24,25)11-7-10-23)22-12-8-5-3-2-4-6-9-12/h5,8,12,22-23H,2-4,6-7,9-11H2,1H3,(H2,21,26,27)/b8-5+/t12-/m1/s1. The van der Waals surface area contributed by atoms with Crippen LogP contribution in [0.25, 0.3) is 0 Å². The maximum atomic E-state index is 15.2. The molecule has 0 aliphatic heterocycles. The van der Waals surface area contributed by atoms with Crippen LogP contribution in [-0.2, 0) is 19.9 Å². The highest BCUT2D eigenvalue weighted by Crippen LogP contribution is 2.41. The molecule has 170 valence electrons. The molecule has 1 aliphatic rings. The van der Waals surface area contributed by atoms with E-state index in [0.29, 0.717) is 6.42 Å². The van der Waals surface area contributed by atoms with Gasteiger partial charge in [0.2, 0.25) is 10.0 Å². The largest absolute Gasteiger partial charge is 0.492 e. The number of rotatable bonds is 8. The van der Waals surface area contributed by atoms with Crippen molar-refractivity contribution in [1.82, 2.24) is 0 Å². The van der Waals surface area contributed by atoms with Crippen molar-refractivity contribution in [3.63, 3.8) is 0 Å². The van der Waals surface area contributed by atoms with Crippen molar-refractivity contribution in [2.75, 3.05) is 24.8 Å². The van der Waals surface area contributed by atoms with Crippen LogP contribution < -0.4 is 15.2 Å². The van der Waals surface area contributed by atoms with Gasteiger partial charge in [0.1, 0.15) is 4.90 Å². The monoisotopic (exact) mass is 468 g/mol. The normalized spacial score (nSPS) is 19.0. The highest BCUT2D eigenvalue weighted by molar-refractivity contribution is 7.91. The summed E-state index contributed by atoms with van der Waals surface area (Å²) in [4.78, 5) is -2.31. The molecule has 0 fully saturated rings. The number of allylic oxidation sites excluding steroid dienone is 1. The van der Waals surface area contributed by atoms with Crippen LogP contribution in [0, 0.1) is 11.6 Å². The Bertz CT molecular complexity index is 1010. The molecular formula is C18H26F2N2O6S2. The quantitative estimate of drug-likeness (QED) is 0.497. The number of anilines is 1. The molecule has 1 atom stereocenters. The SMILES string of the molecule is COc1c(F)c(S(N)(=O)=O)c(F)c(N[C@@H]2/C=C/CCCCC2)c1S(=O)(=O)CCCO. The van der Waals surface area contributed by atoms with Crippen LogP contribution in [0.5, 0.6) is 5.75 Å². The molecule has 0 saturated carbocycles. The number of methoxy groups -OCH3 is 1. The number of sulfonamides is 1. The van der Waals surface area contributed by atoms with E-state index < -0.39 is 71.1 Å². The fraction of sp³-hybridized carbons (Fsp3) is 0.556. The van der Waals surface area contributed by atoms with Crippen molar-refractivity contribution < 1.29 is 35.5 Å². The van der Waals surface area contributed by atoms with Crippen molar-refractivity contribution in [2.24, 2.45) is 5.14 Å². The van der Waals surface area contributed by atoms with Gasteiger partial charge in [0, 0.05) is 12.6 Å². The first kappa shape index (κ1) is 24.5. The van der Waals surface area contributed by atoms with E-state index in [0.717, 1.165) is 32.8 Å². The van der Waals surface area contributed by atoms with E-state index in [-0.39, 0.29) is 6.42 Å². The first-order valence-corrected chi connectivity index (χ1v) is 12.6. The van der Waals surface area contributed by atoms with Gasteiger partial charge in [-0.05, 0) is 25.7 Å². The van der Waals surface area contributed by atoms with Gasteiger partial charge in [-0.15, -0.1) is 0 Å². The van der Waals surface area contributed by atoms with Gasteiger partial charge in [-0.2, -0.15) is 0 Å². The molecule has 0 amide bonds. The highest BCUT2D eigenvalue weighted by atomic mass is 32.2. The minimum absolute atomic E-state index is 0.186. The number of sulfone groups is 1. The van der Waals surface area contributed by atoms with Crippen LogP contribution >= 0.6 is 0 Å². The summed E-state index contributed by atoms with van der Waals surface area (Å²) < 4.78 is 84.3. The molecule has 8 nitrogen and oxygen atoms in total. The highest BCUT2D eigenvalue weighted by Gasteiger charge is 2.36. The van der Waals surface area contributed by atoms with Crippen LogP contribution in [0.3, 0.4) is 0 Å². The van der Waals surface area contributed by atoms with E-state index in [2.05, 4.69) is 5.32 Å². The lowest BCUT2D eigenvalue weighted by molar-refractivity contribution is 0.295. The summed E-state index contributed by atoms with van der Waals surface area (Å²) in [5, 5.41) is 16.7. The summed E-state index contributed by atoms with van der Waals surface area (Å²) in [5.41, 5.74) is -0.717. The Hall–Kier alpha value is -1.76. The Kier molecular flexibility index (Phi) is 8.20. The second-order valence-corrected chi connectivity index (χ2v) is 10.5. The smallest absolute Gasteiger partial charge is 0.244 e. The molecule has 0 bridgehead atoms. The lowest BCUT2D eigenvalue weighted by Crippen LogP contribution is -2.25. The molecule has 0 heterocycles. The number of benzene rings is 1. The Morgan fingerprint density at radius 2 is 1.87 bits per heavy atom. The minimum Gasteiger partial charge on any atom is -0.492 e. The number of nitrogens with two attached hydrogens (primary N) is 1. The van der Waals surface area contributed by atoms with Crippen LogP contribution in [0.2, 0.25) is 0 Å². The molecule has 1 aliphatic carbocycles. The third kappa shape index (κ3) is 5.48. The van der Waals surface area contributed by atoms with Gasteiger partial charge >= 0.3 is 0 Å². The molecule has 2 rings (SSSR count). The zero-order valence-electron chi connectivity index (χ0n) is 16.5. The average Bonchev–Trinajstić information content (AvgIpc) is 2.62. The lowest BCUT2D eigenvalue weighted by Gasteiger charge is -2.23. The number of nitrogens with one attached hydrogen (secondary N) is 1. The average molecular weight is 469 g/mol. The van der Waals surface area contributed by atoms with Crippen molar-refractivity contribution >= 4 is 25.5 Å². The van der Waals surface area contributed by atoms with E-state index in [9.17, 15) is 21.2 Å². The van der Waals surface area contributed by atoms with Gasteiger partial charge in [-0.1, -0.05) is 25.0 Å². The van der Waals surface area contributed by atoms with Crippen LogP contribution in [0.1, 0.15) is 38.5 Å². The van der Waals surface area contributed by atoms with Gasteiger partial charge in [-0.25, -0.2) is 30.8 Å². The molecule has 0 saturated heterocycles. The van der Waals surface area contributed by atoms with Crippen molar-refractivity contribution in [3.8, 4) is 5.75 Å². The first-order chi connectivity index (χ1) is 14.0. The molecular weight excluding hydrogens is 442 g/mol.